The van der Waals surface area contributed by atoms with E-state index in [-0.39, 0.29) is 35.9 Å². The van der Waals surface area contributed by atoms with Crippen LogP contribution in [0.3, 0.4) is 0 Å². The van der Waals surface area contributed by atoms with Crippen LogP contribution in [0.25, 0.3) is 16.8 Å². The second kappa shape index (κ2) is 11.2. The van der Waals surface area contributed by atoms with Crippen molar-refractivity contribution in [1.82, 2.24) is 19.6 Å². The van der Waals surface area contributed by atoms with Gasteiger partial charge >= 0.3 is 0 Å². The number of imidazole rings is 1. The van der Waals surface area contributed by atoms with Crippen LogP contribution in [0.15, 0.2) is 48.9 Å². The fourth-order valence-electron chi connectivity index (χ4n) is 5.74. The minimum atomic E-state index is -0.681. The Balaban J connectivity index is 1.46. The molecule has 3 heterocycles. The number of fused-ring (bicyclic) bond motifs is 1. The van der Waals surface area contributed by atoms with E-state index in [9.17, 15) is 8.78 Å². The summed E-state index contributed by atoms with van der Waals surface area (Å²) < 4.78 is 42.5. The van der Waals surface area contributed by atoms with Crippen molar-refractivity contribution in [1.29, 1.82) is 0 Å². The summed E-state index contributed by atoms with van der Waals surface area (Å²) in [6, 6.07) is 7.97. The summed E-state index contributed by atoms with van der Waals surface area (Å²) in [6.07, 6.45) is 7.67. The largest absolute Gasteiger partial charge is 0.380 e. The molecule has 200 valence electrons. The van der Waals surface area contributed by atoms with Gasteiger partial charge < -0.3 is 15.2 Å². The van der Waals surface area contributed by atoms with Crippen LogP contribution in [0.2, 0.25) is 0 Å². The maximum atomic E-state index is 15.0. The summed E-state index contributed by atoms with van der Waals surface area (Å²) in [6.45, 7) is 4.62. The van der Waals surface area contributed by atoms with Crippen molar-refractivity contribution in [3.05, 3.63) is 83.1 Å². The van der Waals surface area contributed by atoms with Crippen LogP contribution in [0.4, 0.5) is 8.78 Å². The first-order valence-electron chi connectivity index (χ1n) is 13.0. The number of pyridine rings is 1. The third-order valence-electron chi connectivity index (χ3n) is 7.48. The van der Waals surface area contributed by atoms with Gasteiger partial charge in [-0.15, -0.1) is 0 Å². The second-order valence-electron chi connectivity index (χ2n) is 10.1. The number of ether oxygens (including phenoxy) is 2. The Labute approximate surface area is 221 Å². The van der Waals surface area contributed by atoms with E-state index in [2.05, 4.69) is 28.1 Å². The van der Waals surface area contributed by atoms with Gasteiger partial charge in [-0.2, -0.15) is 5.10 Å². The lowest BCUT2D eigenvalue weighted by Gasteiger charge is -2.38. The van der Waals surface area contributed by atoms with Gasteiger partial charge in [-0.3, -0.25) is 4.98 Å². The highest BCUT2D eigenvalue weighted by atomic mass is 19.1. The molecule has 1 fully saturated rings. The summed E-state index contributed by atoms with van der Waals surface area (Å²) in [5.74, 6) is -0.0962. The zero-order chi connectivity index (χ0) is 26.8. The van der Waals surface area contributed by atoms with Crippen LogP contribution in [-0.2, 0) is 22.5 Å². The van der Waals surface area contributed by atoms with Crippen LogP contribution in [-0.4, -0.2) is 45.4 Å². The van der Waals surface area contributed by atoms with Gasteiger partial charge in [-0.1, -0.05) is 6.92 Å². The highest BCUT2D eigenvalue weighted by Gasteiger charge is 2.35. The van der Waals surface area contributed by atoms with Gasteiger partial charge in [0.2, 0.25) is 0 Å². The molecule has 7 nitrogen and oxygen atoms in total. The minimum Gasteiger partial charge on any atom is -0.380 e. The molecule has 1 aliphatic carbocycles. The molecule has 3 aromatic heterocycles. The summed E-state index contributed by atoms with van der Waals surface area (Å²) in [4.78, 5) is 8.95. The molecular formula is C29H33F2N5O2. The number of hydrogen-bond acceptors (Lipinski definition) is 6. The van der Waals surface area contributed by atoms with E-state index in [0.29, 0.717) is 30.3 Å². The molecule has 5 rings (SSSR count). The molecule has 0 amide bonds. The van der Waals surface area contributed by atoms with Crippen molar-refractivity contribution >= 4 is 5.52 Å². The van der Waals surface area contributed by atoms with E-state index < -0.39 is 11.6 Å². The molecule has 0 aliphatic heterocycles. The number of nitrogens with zero attached hydrogens (tertiary/aromatic N) is 4. The zero-order valence-electron chi connectivity index (χ0n) is 21.9. The van der Waals surface area contributed by atoms with Gasteiger partial charge in [-0.05, 0) is 78.6 Å². The summed E-state index contributed by atoms with van der Waals surface area (Å²) in [7, 11) is 1.72. The molecule has 38 heavy (non-hydrogen) atoms. The lowest BCUT2D eigenvalue weighted by atomic mass is 9.74. The molecule has 2 N–H and O–H groups in total. The number of benzene rings is 1. The molecule has 0 bridgehead atoms. The van der Waals surface area contributed by atoms with Crippen LogP contribution in [0, 0.1) is 17.6 Å². The van der Waals surface area contributed by atoms with Crippen molar-refractivity contribution in [2.45, 2.75) is 57.8 Å². The Bertz CT molecular complexity index is 1390. The van der Waals surface area contributed by atoms with E-state index in [4.69, 9.17) is 15.2 Å². The van der Waals surface area contributed by atoms with Crippen molar-refractivity contribution in [3.63, 3.8) is 0 Å². The van der Waals surface area contributed by atoms with Crippen molar-refractivity contribution in [2.75, 3.05) is 13.7 Å². The Morgan fingerprint density at radius 1 is 1.11 bits per heavy atom. The monoisotopic (exact) mass is 521 g/mol. The Morgan fingerprint density at radius 2 is 1.89 bits per heavy atom. The molecule has 0 saturated heterocycles. The molecular weight excluding hydrogens is 488 g/mol. The molecule has 1 saturated carbocycles. The SMILES string of the molecule is CCOCc1cc(F)c(-c2ccc3cnc(Cc4cnccc4C4C[C@@H](N)[C@@H](OC)[C@@H](C)C4)n3n2)c(F)c1. The first-order valence-corrected chi connectivity index (χ1v) is 13.0. The average Bonchev–Trinajstić information content (AvgIpc) is 3.29. The first-order chi connectivity index (χ1) is 18.4. The molecule has 1 unspecified atom stereocenters. The molecule has 4 aromatic rings. The number of aromatic nitrogens is 4. The minimum absolute atomic E-state index is 0.0454. The fraction of sp³-hybridized carbons (Fsp3) is 0.414. The van der Waals surface area contributed by atoms with E-state index in [1.807, 2.05) is 13.1 Å². The smallest absolute Gasteiger partial charge is 0.135 e. The lowest BCUT2D eigenvalue weighted by molar-refractivity contribution is 0.00970. The number of nitrogens with two attached hydrogens (primary N) is 1. The third-order valence-corrected chi connectivity index (χ3v) is 7.48. The number of halogens is 2. The van der Waals surface area contributed by atoms with Crippen molar-refractivity contribution in [3.8, 4) is 11.3 Å². The normalized spacial score (nSPS) is 21.7. The topological polar surface area (TPSA) is 87.6 Å². The second-order valence-corrected chi connectivity index (χ2v) is 10.1. The first kappa shape index (κ1) is 26.3. The third kappa shape index (κ3) is 5.18. The van der Waals surface area contributed by atoms with E-state index in [1.54, 1.807) is 36.2 Å². The Morgan fingerprint density at radius 3 is 2.61 bits per heavy atom. The van der Waals surface area contributed by atoms with Crippen LogP contribution in [0.5, 0.6) is 0 Å². The van der Waals surface area contributed by atoms with Crippen LogP contribution < -0.4 is 5.73 Å². The van der Waals surface area contributed by atoms with Crippen molar-refractivity contribution in [2.24, 2.45) is 11.7 Å². The molecule has 0 spiro atoms. The van der Waals surface area contributed by atoms with E-state index >= 15 is 0 Å². The van der Waals surface area contributed by atoms with Crippen LogP contribution >= 0.6 is 0 Å². The molecule has 4 atom stereocenters. The van der Waals surface area contributed by atoms with Crippen molar-refractivity contribution < 1.29 is 18.3 Å². The number of rotatable bonds is 8. The average molecular weight is 522 g/mol. The van der Waals surface area contributed by atoms with Gasteiger partial charge in [-0.25, -0.2) is 18.3 Å². The fourth-order valence-corrected chi connectivity index (χ4v) is 5.74. The van der Waals surface area contributed by atoms with Gasteiger partial charge in [0.15, 0.2) is 0 Å². The van der Waals surface area contributed by atoms with Gasteiger partial charge in [0, 0.05) is 38.6 Å². The highest BCUT2D eigenvalue weighted by molar-refractivity contribution is 5.63. The summed E-state index contributed by atoms with van der Waals surface area (Å²) in [5.41, 5.74) is 9.87. The molecule has 9 heteroatoms. The highest BCUT2D eigenvalue weighted by Crippen LogP contribution is 2.38. The van der Waals surface area contributed by atoms with Gasteiger partial charge in [0.1, 0.15) is 17.5 Å². The Hall–Kier alpha value is -3.27. The quantitative estimate of drug-likeness (QED) is 0.349. The zero-order valence-corrected chi connectivity index (χ0v) is 21.9. The van der Waals surface area contributed by atoms with Gasteiger partial charge in [0.05, 0.1) is 35.7 Å². The van der Waals surface area contributed by atoms with Gasteiger partial charge in [0.25, 0.3) is 0 Å². The number of methoxy groups -OCH3 is 1. The standard InChI is InChI=1S/C29H33F2N5O2/c1-4-38-16-18-10-23(30)28(24(31)11-18)26-6-5-21-15-34-27(36(21)35-26)13-20-14-33-8-7-22(20)19-9-17(2)29(37-3)25(32)12-19/h5-8,10-11,14-15,17,19,25,29H,4,9,12-13,16,32H2,1-3H3/t17-,19?,25+,29-/m0/s1. The summed E-state index contributed by atoms with van der Waals surface area (Å²) >= 11 is 0. The maximum absolute atomic E-state index is 15.0. The van der Waals surface area contributed by atoms with E-state index in [1.165, 1.54) is 17.7 Å². The maximum Gasteiger partial charge on any atom is 0.135 e. The van der Waals surface area contributed by atoms with E-state index in [0.717, 1.165) is 23.9 Å². The van der Waals surface area contributed by atoms with Crippen LogP contribution in [0.1, 0.15) is 55.1 Å². The molecule has 0 radical (unpaired) electrons. The molecule has 1 aliphatic rings. The predicted molar refractivity (Wildman–Crippen MR) is 141 cm³/mol. The lowest BCUT2D eigenvalue weighted by Crippen LogP contribution is -2.45. The molecule has 1 aromatic carbocycles. The predicted octanol–water partition coefficient (Wildman–Crippen LogP) is 5.05. The number of hydrogen-bond donors (Lipinski definition) is 1. The summed E-state index contributed by atoms with van der Waals surface area (Å²) in [5, 5.41) is 4.59. The Kier molecular flexibility index (Phi) is 7.78.